The molecule has 0 radical (unpaired) electrons. The van der Waals surface area contributed by atoms with Crippen LogP contribution in [0.5, 0.6) is 0 Å². The van der Waals surface area contributed by atoms with Gasteiger partial charge in [-0.2, -0.15) is 0 Å². The van der Waals surface area contributed by atoms with E-state index in [0.717, 1.165) is 17.2 Å². The van der Waals surface area contributed by atoms with E-state index in [2.05, 4.69) is 10.3 Å². The van der Waals surface area contributed by atoms with Crippen LogP contribution in [0.15, 0.2) is 0 Å². The zero-order valence-corrected chi connectivity index (χ0v) is 11.3. The molecule has 0 spiro atoms. The summed E-state index contributed by atoms with van der Waals surface area (Å²) in [7, 11) is 3.94. The molecule has 1 amide bonds. The third-order valence-electron chi connectivity index (χ3n) is 2.06. The molecule has 1 aromatic heterocycles. The molecule has 0 saturated carbocycles. The van der Waals surface area contributed by atoms with Gasteiger partial charge in [0.05, 0.1) is 5.69 Å². The number of nitrogens with one attached hydrogen (secondary N) is 1. The molecule has 1 rings (SSSR count). The van der Waals surface area contributed by atoms with E-state index >= 15 is 0 Å². The largest absolute Gasteiger partial charge is 0.355 e. The smallest absolute Gasteiger partial charge is 0.234 e. The van der Waals surface area contributed by atoms with E-state index in [4.69, 9.17) is 11.6 Å². The molecule has 0 saturated heterocycles. The minimum atomic E-state index is -0.128. The molecule has 0 aromatic carbocycles. The van der Waals surface area contributed by atoms with Crippen LogP contribution in [0.2, 0.25) is 0 Å². The lowest BCUT2D eigenvalue weighted by molar-refractivity contribution is -0.118. The number of carbonyl (C=O) groups excluding carboxylic acids is 1. The molecule has 0 aliphatic heterocycles. The number of thiazole rings is 1. The molecule has 16 heavy (non-hydrogen) atoms. The lowest BCUT2D eigenvalue weighted by atomic mass is 10.3. The summed E-state index contributed by atoms with van der Waals surface area (Å²) in [5.41, 5.74) is 1.04. The molecule has 0 aliphatic rings. The second-order valence-electron chi connectivity index (χ2n) is 3.63. The summed E-state index contributed by atoms with van der Waals surface area (Å²) in [6.45, 7) is 2.60. The minimum Gasteiger partial charge on any atom is -0.355 e. The zero-order chi connectivity index (χ0) is 12.1. The quantitative estimate of drug-likeness (QED) is 0.816. The summed E-state index contributed by atoms with van der Waals surface area (Å²) < 4.78 is 0. The topological polar surface area (TPSA) is 45.2 Å². The van der Waals surface area contributed by atoms with E-state index in [1.165, 1.54) is 4.88 Å². The van der Waals surface area contributed by atoms with E-state index in [1.807, 2.05) is 25.9 Å². The molecule has 0 unspecified atom stereocenters. The Kier molecular flexibility index (Phi) is 5.02. The van der Waals surface area contributed by atoms with Crippen LogP contribution in [-0.4, -0.2) is 37.4 Å². The molecule has 90 valence electrons. The number of hydrogen-bond donors (Lipinski definition) is 1. The van der Waals surface area contributed by atoms with Crippen molar-refractivity contribution in [1.82, 2.24) is 10.3 Å². The van der Waals surface area contributed by atoms with Crippen molar-refractivity contribution in [3.05, 3.63) is 10.6 Å². The van der Waals surface area contributed by atoms with Gasteiger partial charge in [-0.1, -0.05) is 0 Å². The number of halogens is 1. The van der Waals surface area contributed by atoms with E-state index in [9.17, 15) is 4.79 Å². The highest BCUT2D eigenvalue weighted by atomic mass is 35.5. The molecule has 6 heteroatoms. The number of hydrogen-bond acceptors (Lipinski definition) is 4. The highest BCUT2D eigenvalue weighted by molar-refractivity contribution is 7.15. The van der Waals surface area contributed by atoms with Crippen LogP contribution in [-0.2, 0) is 11.2 Å². The molecule has 0 bridgehead atoms. The lowest BCUT2D eigenvalue weighted by Crippen LogP contribution is -2.26. The molecule has 4 nitrogen and oxygen atoms in total. The first-order valence-electron chi connectivity index (χ1n) is 5.01. The first kappa shape index (κ1) is 13.3. The van der Waals surface area contributed by atoms with Gasteiger partial charge in [0.2, 0.25) is 5.91 Å². The highest BCUT2D eigenvalue weighted by Gasteiger charge is 2.08. The Balaban J connectivity index is 2.51. The third kappa shape index (κ3) is 3.64. The first-order valence-corrected chi connectivity index (χ1v) is 6.36. The van der Waals surface area contributed by atoms with Crippen molar-refractivity contribution >= 4 is 34.0 Å². The maximum Gasteiger partial charge on any atom is 0.234 e. The van der Waals surface area contributed by atoms with Gasteiger partial charge in [0.15, 0.2) is 5.13 Å². The molecular weight excluding hydrogens is 246 g/mol. The predicted octanol–water partition coefficient (Wildman–Crippen LogP) is 1.42. The van der Waals surface area contributed by atoms with Gasteiger partial charge in [0, 0.05) is 31.9 Å². The molecule has 0 atom stereocenters. The minimum absolute atomic E-state index is 0.0185. The normalized spacial score (nSPS) is 10.2. The summed E-state index contributed by atoms with van der Waals surface area (Å²) in [4.78, 5) is 18.6. The second-order valence-corrected chi connectivity index (χ2v) is 4.96. The van der Waals surface area contributed by atoms with Crippen LogP contribution in [0, 0.1) is 6.92 Å². The van der Waals surface area contributed by atoms with Crippen LogP contribution in [0.1, 0.15) is 10.6 Å². The number of amides is 1. The summed E-state index contributed by atoms with van der Waals surface area (Å²) in [6.07, 6.45) is 0.806. The van der Waals surface area contributed by atoms with Crippen LogP contribution in [0.4, 0.5) is 5.13 Å². The molecule has 0 aliphatic carbocycles. The van der Waals surface area contributed by atoms with Gasteiger partial charge in [0.1, 0.15) is 5.88 Å². The molecule has 1 aromatic rings. The number of rotatable bonds is 5. The van der Waals surface area contributed by atoms with E-state index in [-0.39, 0.29) is 11.8 Å². The summed E-state index contributed by atoms with van der Waals surface area (Å²) in [5, 5.41) is 3.74. The Hall–Kier alpha value is -0.810. The number of carbonyl (C=O) groups is 1. The maximum absolute atomic E-state index is 10.9. The van der Waals surface area contributed by atoms with Crippen LogP contribution < -0.4 is 10.2 Å². The van der Waals surface area contributed by atoms with Crippen molar-refractivity contribution in [2.75, 3.05) is 31.4 Å². The highest BCUT2D eigenvalue weighted by Crippen LogP contribution is 2.24. The third-order valence-corrected chi connectivity index (χ3v) is 3.69. The fourth-order valence-electron chi connectivity index (χ4n) is 1.20. The summed E-state index contributed by atoms with van der Waals surface area (Å²) >= 11 is 7.04. The average molecular weight is 262 g/mol. The first-order chi connectivity index (χ1) is 7.54. The summed E-state index contributed by atoms with van der Waals surface area (Å²) in [6, 6.07) is 0. The number of aryl methyl sites for hydroxylation is 1. The van der Waals surface area contributed by atoms with Crippen LogP contribution >= 0.6 is 22.9 Å². The Bertz CT molecular complexity index is 365. The van der Waals surface area contributed by atoms with Crippen molar-refractivity contribution in [2.24, 2.45) is 0 Å². The standard InChI is InChI=1S/C10H16ClN3OS/c1-7-8(4-5-12-9(15)6-11)16-10(13-7)14(2)3/h4-6H2,1-3H3,(H,12,15). The SMILES string of the molecule is Cc1nc(N(C)C)sc1CCNC(=O)CCl. The van der Waals surface area contributed by atoms with Gasteiger partial charge in [-0.25, -0.2) is 4.98 Å². The van der Waals surface area contributed by atoms with E-state index < -0.39 is 0 Å². The van der Waals surface area contributed by atoms with Crippen molar-refractivity contribution in [3.63, 3.8) is 0 Å². The molecular formula is C10H16ClN3OS. The Morgan fingerprint density at radius 3 is 2.75 bits per heavy atom. The van der Waals surface area contributed by atoms with E-state index in [1.54, 1.807) is 11.3 Å². The van der Waals surface area contributed by atoms with Gasteiger partial charge in [-0.15, -0.1) is 22.9 Å². The van der Waals surface area contributed by atoms with Crippen molar-refractivity contribution in [1.29, 1.82) is 0 Å². The lowest BCUT2D eigenvalue weighted by Gasteiger charge is -2.05. The number of aromatic nitrogens is 1. The van der Waals surface area contributed by atoms with Gasteiger partial charge in [-0.3, -0.25) is 4.79 Å². The molecule has 1 N–H and O–H groups in total. The fraction of sp³-hybridized carbons (Fsp3) is 0.600. The second kappa shape index (κ2) is 6.06. The van der Waals surface area contributed by atoms with Gasteiger partial charge in [-0.05, 0) is 6.92 Å². The van der Waals surface area contributed by atoms with Crippen LogP contribution in [0.3, 0.4) is 0 Å². The van der Waals surface area contributed by atoms with Crippen molar-refractivity contribution < 1.29 is 4.79 Å². The number of alkyl halides is 1. The number of nitrogens with zero attached hydrogens (tertiary/aromatic N) is 2. The Labute approximate surface area is 105 Å². The summed E-state index contributed by atoms with van der Waals surface area (Å²) in [5.74, 6) is -0.110. The maximum atomic E-state index is 10.9. The predicted molar refractivity (Wildman–Crippen MR) is 68.6 cm³/mol. The Morgan fingerprint density at radius 1 is 1.56 bits per heavy atom. The Morgan fingerprint density at radius 2 is 2.25 bits per heavy atom. The van der Waals surface area contributed by atoms with Crippen molar-refractivity contribution in [3.8, 4) is 0 Å². The monoisotopic (exact) mass is 261 g/mol. The van der Waals surface area contributed by atoms with Crippen LogP contribution in [0.25, 0.3) is 0 Å². The number of anilines is 1. The molecule has 1 heterocycles. The average Bonchev–Trinajstić information content (AvgIpc) is 2.60. The fourth-order valence-corrected chi connectivity index (χ4v) is 2.28. The zero-order valence-electron chi connectivity index (χ0n) is 9.71. The van der Waals surface area contributed by atoms with E-state index in [0.29, 0.717) is 6.54 Å². The van der Waals surface area contributed by atoms with Crippen molar-refractivity contribution in [2.45, 2.75) is 13.3 Å². The van der Waals surface area contributed by atoms with Gasteiger partial charge < -0.3 is 10.2 Å². The van der Waals surface area contributed by atoms with Gasteiger partial charge >= 0.3 is 0 Å². The van der Waals surface area contributed by atoms with Gasteiger partial charge in [0.25, 0.3) is 0 Å². The molecule has 0 fully saturated rings.